The van der Waals surface area contributed by atoms with Crippen molar-refractivity contribution in [3.8, 4) is 5.75 Å². The number of halogens is 1. The first-order valence-corrected chi connectivity index (χ1v) is 9.55. The average Bonchev–Trinajstić information content (AvgIpc) is 2.89. The zero-order valence-corrected chi connectivity index (χ0v) is 18.1. The van der Waals surface area contributed by atoms with Crippen LogP contribution in [0.3, 0.4) is 0 Å². The lowest BCUT2D eigenvalue weighted by atomic mass is 10.1. The first-order valence-electron chi connectivity index (χ1n) is 9.17. The fourth-order valence-corrected chi connectivity index (χ4v) is 3.63. The molecule has 0 bridgehead atoms. The highest BCUT2D eigenvalue weighted by Gasteiger charge is 2.19. The Labute approximate surface area is 171 Å². The lowest BCUT2D eigenvalue weighted by molar-refractivity contribution is -0.116. The Balaban J connectivity index is 2.01. The number of nitrogens with zero attached hydrogens (tertiary/aromatic N) is 2. The molecule has 0 atom stereocenters. The van der Waals surface area contributed by atoms with Crippen molar-refractivity contribution in [2.75, 3.05) is 32.6 Å². The summed E-state index contributed by atoms with van der Waals surface area (Å²) in [6.45, 7) is 8.37. The largest absolute Gasteiger partial charge is 0.495 e. The van der Waals surface area contributed by atoms with E-state index >= 15 is 0 Å². The summed E-state index contributed by atoms with van der Waals surface area (Å²) in [6.07, 6.45) is 0. The van der Waals surface area contributed by atoms with Gasteiger partial charge in [-0.25, -0.2) is 0 Å². The molecule has 1 heterocycles. The van der Waals surface area contributed by atoms with Gasteiger partial charge in [-0.05, 0) is 59.0 Å². The van der Waals surface area contributed by atoms with Crippen LogP contribution in [0, 0.1) is 13.8 Å². The summed E-state index contributed by atoms with van der Waals surface area (Å²) in [5.41, 5.74) is 3.22. The normalized spacial score (nSPS) is 11.2. The van der Waals surface area contributed by atoms with Gasteiger partial charge in [0.15, 0.2) is 5.78 Å². The first kappa shape index (κ1) is 22.0. The molecule has 1 aromatic heterocycles. The number of carbonyl (C=O) groups is 2. The van der Waals surface area contributed by atoms with Crippen molar-refractivity contribution in [2.24, 2.45) is 0 Å². The van der Waals surface area contributed by atoms with Crippen molar-refractivity contribution in [2.45, 2.75) is 33.7 Å². The van der Waals surface area contributed by atoms with Crippen LogP contribution in [0.25, 0.3) is 0 Å². The lowest BCUT2D eigenvalue weighted by Gasteiger charge is -2.17. The minimum absolute atomic E-state index is 0.00404. The summed E-state index contributed by atoms with van der Waals surface area (Å²) < 4.78 is 7.38. The number of nitrogens with one attached hydrogen (secondary N) is 1. The quantitative estimate of drug-likeness (QED) is 0.671. The summed E-state index contributed by atoms with van der Waals surface area (Å²) in [5.74, 6) is 0.275. The number of carbonyl (C=O) groups excluding carboxylic acids is 2. The van der Waals surface area contributed by atoms with E-state index in [0.29, 0.717) is 22.0 Å². The van der Waals surface area contributed by atoms with E-state index in [1.165, 1.54) is 7.11 Å². The van der Waals surface area contributed by atoms with Crippen LogP contribution >= 0.6 is 11.6 Å². The van der Waals surface area contributed by atoms with Gasteiger partial charge in [0, 0.05) is 28.0 Å². The van der Waals surface area contributed by atoms with Gasteiger partial charge in [0.1, 0.15) is 5.75 Å². The number of Topliss-reactive ketones (excluding diaryl/α,β-unsaturated/α-hetero) is 1. The van der Waals surface area contributed by atoms with E-state index in [1.54, 1.807) is 30.1 Å². The number of anilines is 1. The summed E-state index contributed by atoms with van der Waals surface area (Å²) in [5, 5.41) is 3.28. The monoisotopic (exact) mass is 405 g/mol. The average molecular weight is 406 g/mol. The number of likely N-dealkylation sites (N-methyl/N-ethyl adjacent to an activating group) is 1. The highest BCUT2D eigenvalue weighted by atomic mass is 35.5. The smallest absolute Gasteiger partial charge is 0.238 e. The van der Waals surface area contributed by atoms with Crippen molar-refractivity contribution in [3.05, 3.63) is 46.2 Å². The van der Waals surface area contributed by atoms with E-state index in [9.17, 15) is 9.59 Å². The number of aromatic nitrogens is 1. The number of hydrogen-bond acceptors (Lipinski definition) is 4. The molecule has 6 nitrogen and oxygen atoms in total. The van der Waals surface area contributed by atoms with Crippen LogP contribution in [0.4, 0.5) is 5.69 Å². The fraction of sp³-hybridized carbons (Fsp3) is 0.429. The maximum atomic E-state index is 12.7. The highest BCUT2D eigenvalue weighted by molar-refractivity contribution is 6.31. The van der Waals surface area contributed by atoms with E-state index in [2.05, 4.69) is 23.7 Å². The molecule has 28 heavy (non-hydrogen) atoms. The molecule has 0 saturated heterocycles. The van der Waals surface area contributed by atoms with E-state index in [1.807, 2.05) is 19.9 Å². The molecule has 2 rings (SSSR count). The second-order valence-corrected chi connectivity index (χ2v) is 7.67. The molecule has 0 saturated carbocycles. The van der Waals surface area contributed by atoms with E-state index in [0.717, 1.165) is 11.4 Å². The van der Waals surface area contributed by atoms with Crippen molar-refractivity contribution in [1.82, 2.24) is 9.47 Å². The minimum Gasteiger partial charge on any atom is -0.495 e. The van der Waals surface area contributed by atoms with Crippen molar-refractivity contribution >= 4 is 29.0 Å². The minimum atomic E-state index is -0.247. The van der Waals surface area contributed by atoms with E-state index in [4.69, 9.17) is 16.3 Å². The van der Waals surface area contributed by atoms with Gasteiger partial charge in [-0.3, -0.25) is 14.5 Å². The summed E-state index contributed by atoms with van der Waals surface area (Å²) in [6, 6.07) is 7.22. The molecule has 0 fully saturated rings. The first-order chi connectivity index (χ1) is 13.1. The van der Waals surface area contributed by atoms with Gasteiger partial charge in [-0.1, -0.05) is 11.6 Å². The summed E-state index contributed by atoms with van der Waals surface area (Å²) >= 11 is 5.99. The predicted octanol–water partition coefficient (Wildman–Crippen LogP) is 4.10. The SMILES string of the molecule is COc1ccc(Cl)cc1NC(=O)CN(C)CC(=O)c1cc(C)n(C(C)C)c1C. The fourth-order valence-electron chi connectivity index (χ4n) is 3.45. The molecule has 1 amide bonds. The molecular weight excluding hydrogens is 378 g/mol. The highest BCUT2D eigenvalue weighted by Crippen LogP contribution is 2.27. The third kappa shape index (κ3) is 5.14. The molecular formula is C21H28ClN3O3. The van der Waals surface area contributed by atoms with Crippen LogP contribution in [0.5, 0.6) is 5.75 Å². The molecule has 2 aromatic rings. The van der Waals surface area contributed by atoms with Crippen molar-refractivity contribution in [1.29, 1.82) is 0 Å². The Morgan fingerprint density at radius 3 is 2.46 bits per heavy atom. The number of aryl methyl sites for hydroxylation is 1. The van der Waals surface area contributed by atoms with Crippen molar-refractivity contribution in [3.63, 3.8) is 0 Å². The number of benzene rings is 1. The van der Waals surface area contributed by atoms with Gasteiger partial charge >= 0.3 is 0 Å². The Morgan fingerprint density at radius 2 is 1.89 bits per heavy atom. The number of hydrogen-bond donors (Lipinski definition) is 1. The van der Waals surface area contributed by atoms with Crippen LogP contribution in [0.2, 0.25) is 5.02 Å². The Kier molecular flexibility index (Phi) is 7.27. The molecule has 7 heteroatoms. The molecule has 0 spiro atoms. The molecule has 0 aliphatic carbocycles. The van der Waals surface area contributed by atoms with Crippen LogP contribution in [0.15, 0.2) is 24.3 Å². The lowest BCUT2D eigenvalue weighted by Crippen LogP contribution is -2.34. The number of methoxy groups -OCH3 is 1. The zero-order chi connectivity index (χ0) is 21.0. The maximum absolute atomic E-state index is 12.7. The van der Waals surface area contributed by atoms with Crippen LogP contribution in [0.1, 0.15) is 41.6 Å². The van der Waals surface area contributed by atoms with Gasteiger partial charge < -0.3 is 14.6 Å². The Morgan fingerprint density at radius 1 is 1.21 bits per heavy atom. The van der Waals surface area contributed by atoms with E-state index < -0.39 is 0 Å². The molecule has 1 aromatic carbocycles. The standard InChI is InChI=1S/C21H28ClN3O3/c1-13(2)25-14(3)9-17(15(25)4)19(26)11-24(5)12-21(27)23-18-10-16(22)7-8-20(18)28-6/h7-10,13H,11-12H2,1-6H3,(H,23,27). The molecule has 0 unspecified atom stereocenters. The molecule has 0 radical (unpaired) electrons. The third-order valence-electron chi connectivity index (χ3n) is 4.56. The topological polar surface area (TPSA) is 63.6 Å². The second-order valence-electron chi connectivity index (χ2n) is 7.24. The Bertz CT molecular complexity index is 874. The summed E-state index contributed by atoms with van der Waals surface area (Å²) in [7, 11) is 3.27. The van der Waals surface area contributed by atoms with Gasteiger partial charge in [0.2, 0.25) is 5.91 Å². The van der Waals surface area contributed by atoms with Crippen LogP contribution in [-0.4, -0.2) is 48.4 Å². The Hall–Kier alpha value is -2.31. The second kappa shape index (κ2) is 9.26. The van der Waals surface area contributed by atoms with Gasteiger partial charge in [-0.2, -0.15) is 0 Å². The number of rotatable bonds is 8. The predicted molar refractivity (Wildman–Crippen MR) is 113 cm³/mol. The molecule has 0 aliphatic rings. The zero-order valence-electron chi connectivity index (χ0n) is 17.3. The summed E-state index contributed by atoms with van der Waals surface area (Å²) in [4.78, 5) is 26.8. The van der Waals surface area contributed by atoms with Crippen LogP contribution in [-0.2, 0) is 4.79 Å². The number of ketones is 1. The van der Waals surface area contributed by atoms with E-state index in [-0.39, 0.29) is 30.8 Å². The van der Waals surface area contributed by atoms with Gasteiger partial charge in [0.05, 0.1) is 25.9 Å². The van der Waals surface area contributed by atoms with Crippen LogP contribution < -0.4 is 10.1 Å². The number of ether oxygens (including phenoxy) is 1. The molecule has 1 N–H and O–H groups in total. The third-order valence-corrected chi connectivity index (χ3v) is 4.80. The molecule has 0 aliphatic heterocycles. The maximum Gasteiger partial charge on any atom is 0.238 e. The number of amides is 1. The molecule has 152 valence electrons. The van der Waals surface area contributed by atoms with Gasteiger partial charge in [0.25, 0.3) is 0 Å². The van der Waals surface area contributed by atoms with Gasteiger partial charge in [-0.15, -0.1) is 0 Å². The van der Waals surface area contributed by atoms with Crippen molar-refractivity contribution < 1.29 is 14.3 Å².